The lowest BCUT2D eigenvalue weighted by molar-refractivity contribution is 0.742. The minimum absolute atomic E-state index is 1.09. The SMILES string of the molecule is CCCCc1nccc(-c2ccncc2)c1CCCC. The molecule has 2 nitrogen and oxygen atoms in total. The lowest BCUT2D eigenvalue weighted by atomic mass is 9.94. The monoisotopic (exact) mass is 268 g/mol. The zero-order valence-corrected chi connectivity index (χ0v) is 12.6. The highest BCUT2D eigenvalue weighted by Crippen LogP contribution is 2.27. The summed E-state index contributed by atoms with van der Waals surface area (Å²) in [6.07, 6.45) is 12.8. The molecule has 0 aliphatic carbocycles. The summed E-state index contributed by atoms with van der Waals surface area (Å²) in [6.45, 7) is 4.48. The third-order valence-corrected chi connectivity index (χ3v) is 3.68. The molecule has 0 N–H and O–H groups in total. The van der Waals surface area contributed by atoms with E-state index in [1.165, 1.54) is 48.1 Å². The number of unbranched alkanes of at least 4 members (excludes halogenated alkanes) is 2. The number of aryl methyl sites for hydroxylation is 1. The van der Waals surface area contributed by atoms with Crippen molar-refractivity contribution >= 4 is 0 Å². The van der Waals surface area contributed by atoms with E-state index >= 15 is 0 Å². The first-order chi connectivity index (χ1) is 9.86. The molecule has 106 valence electrons. The van der Waals surface area contributed by atoms with Crippen molar-refractivity contribution in [3.05, 3.63) is 48.0 Å². The molecule has 0 atom stereocenters. The smallest absolute Gasteiger partial charge is 0.0441 e. The van der Waals surface area contributed by atoms with Crippen molar-refractivity contribution in [1.82, 2.24) is 9.97 Å². The molecule has 0 aliphatic rings. The van der Waals surface area contributed by atoms with Crippen molar-refractivity contribution in [3.63, 3.8) is 0 Å². The van der Waals surface area contributed by atoms with E-state index in [1.54, 1.807) is 0 Å². The van der Waals surface area contributed by atoms with Crippen LogP contribution in [-0.4, -0.2) is 9.97 Å². The van der Waals surface area contributed by atoms with Crippen molar-refractivity contribution in [2.75, 3.05) is 0 Å². The summed E-state index contributed by atoms with van der Waals surface area (Å²) in [6, 6.07) is 6.33. The Morgan fingerprint density at radius 1 is 0.850 bits per heavy atom. The molecule has 2 aromatic heterocycles. The Kier molecular flexibility index (Phi) is 5.72. The first kappa shape index (κ1) is 14.7. The van der Waals surface area contributed by atoms with E-state index in [1.807, 2.05) is 18.6 Å². The van der Waals surface area contributed by atoms with Crippen molar-refractivity contribution in [2.45, 2.75) is 52.4 Å². The van der Waals surface area contributed by atoms with Gasteiger partial charge in [0.2, 0.25) is 0 Å². The van der Waals surface area contributed by atoms with Gasteiger partial charge in [-0.1, -0.05) is 26.7 Å². The average molecular weight is 268 g/mol. The summed E-state index contributed by atoms with van der Waals surface area (Å²) >= 11 is 0. The van der Waals surface area contributed by atoms with Crippen LogP contribution in [0.4, 0.5) is 0 Å². The molecular formula is C18H24N2. The second-order valence-electron chi connectivity index (χ2n) is 5.23. The summed E-state index contributed by atoms with van der Waals surface area (Å²) in [7, 11) is 0. The quantitative estimate of drug-likeness (QED) is 0.719. The highest BCUT2D eigenvalue weighted by atomic mass is 14.7. The number of hydrogen-bond acceptors (Lipinski definition) is 2. The molecule has 2 aromatic rings. The number of rotatable bonds is 7. The van der Waals surface area contributed by atoms with Gasteiger partial charge in [-0.05, 0) is 60.6 Å². The molecule has 2 heterocycles. The fraction of sp³-hybridized carbons (Fsp3) is 0.444. The molecule has 0 saturated carbocycles. The maximum absolute atomic E-state index is 4.64. The van der Waals surface area contributed by atoms with E-state index in [2.05, 4.69) is 42.0 Å². The second kappa shape index (κ2) is 7.78. The molecule has 0 aliphatic heterocycles. The predicted octanol–water partition coefficient (Wildman–Crippen LogP) is 4.83. The van der Waals surface area contributed by atoms with Crippen molar-refractivity contribution < 1.29 is 0 Å². The van der Waals surface area contributed by atoms with E-state index < -0.39 is 0 Å². The van der Waals surface area contributed by atoms with Crippen molar-refractivity contribution in [3.8, 4) is 11.1 Å². The third-order valence-electron chi connectivity index (χ3n) is 3.68. The van der Waals surface area contributed by atoms with Crippen LogP contribution in [0.25, 0.3) is 11.1 Å². The van der Waals surface area contributed by atoms with E-state index in [0.717, 1.165) is 12.8 Å². The third kappa shape index (κ3) is 3.66. The summed E-state index contributed by atoms with van der Waals surface area (Å²) in [4.78, 5) is 8.76. The minimum atomic E-state index is 1.09. The van der Waals surface area contributed by atoms with Gasteiger partial charge in [0.05, 0.1) is 0 Å². The zero-order chi connectivity index (χ0) is 14.2. The molecule has 0 fully saturated rings. The Morgan fingerprint density at radius 3 is 2.25 bits per heavy atom. The molecule has 2 rings (SSSR count). The maximum atomic E-state index is 4.64. The summed E-state index contributed by atoms with van der Waals surface area (Å²) in [5.41, 5.74) is 5.32. The molecule has 0 bridgehead atoms. The standard InChI is InChI=1S/C18H24N2/c1-3-5-7-17-16(15-9-12-19-13-10-15)11-14-20-18(17)8-6-4-2/h9-14H,3-8H2,1-2H3. The first-order valence-electron chi connectivity index (χ1n) is 7.74. The summed E-state index contributed by atoms with van der Waals surface area (Å²) < 4.78 is 0. The van der Waals surface area contributed by atoms with Gasteiger partial charge < -0.3 is 0 Å². The van der Waals surface area contributed by atoms with Gasteiger partial charge in [0.15, 0.2) is 0 Å². The Bertz CT molecular complexity index is 520. The van der Waals surface area contributed by atoms with E-state index in [9.17, 15) is 0 Å². The number of aromatic nitrogens is 2. The topological polar surface area (TPSA) is 25.8 Å². The van der Waals surface area contributed by atoms with E-state index in [0.29, 0.717) is 0 Å². The lowest BCUT2D eigenvalue weighted by Crippen LogP contribution is -2.01. The van der Waals surface area contributed by atoms with Gasteiger partial charge in [0.25, 0.3) is 0 Å². The normalized spacial score (nSPS) is 10.7. The Hall–Kier alpha value is -1.70. The van der Waals surface area contributed by atoms with Crippen LogP contribution in [0.1, 0.15) is 50.8 Å². The van der Waals surface area contributed by atoms with Gasteiger partial charge in [-0.3, -0.25) is 9.97 Å². The molecule has 2 heteroatoms. The van der Waals surface area contributed by atoms with Gasteiger partial charge >= 0.3 is 0 Å². The van der Waals surface area contributed by atoms with Gasteiger partial charge in [0.1, 0.15) is 0 Å². The predicted molar refractivity (Wildman–Crippen MR) is 84.7 cm³/mol. The van der Waals surface area contributed by atoms with Crippen molar-refractivity contribution in [2.24, 2.45) is 0 Å². The minimum Gasteiger partial charge on any atom is -0.265 e. The molecule has 20 heavy (non-hydrogen) atoms. The first-order valence-corrected chi connectivity index (χ1v) is 7.74. The van der Waals surface area contributed by atoms with E-state index in [4.69, 9.17) is 0 Å². The van der Waals surface area contributed by atoms with Crippen LogP contribution < -0.4 is 0 Å². The number of nitrogens with zero attached hydrogens (tertiary/aromatic N) is 2. The second-order valence-corrected chi connectivity index (χ2v) is 5.23. The van der Waals surface area contributed by atoms with Gasteiger partial charge in [-0.25, -0.2) is 0 Å². The Balaban J connectivity index is 2.39. The van der Waals surface area contributed by atoms with Gasteiger partial charge in [-0.2, -0.15) is 0 Å². The van der Waals surface area contributed by atoms with Crippen LogP contribution in [0, 0.1) is 0 Å². The molecule has 0 radical (unpaired) electrons. The fourth-order valence-electron chi connectivity index (χ4n) is 2.53. The average Bonchev–Trinajstić information content (AvgIpc) is 2.52. The van der Waals surface area contributed by atoms with Crippen LogP contribution in [-0.2, 0) is 12.8 Å². The molecule has 0 unspecified atom stereocenters. The molecule has 0 aromatic carbocycles. The highest BCUT2D eigenvalue weighted by molar-refractivity contribution is 5.67. The molecular weight excluding hydrogens is 244 g/mol. The van der Waals surface area contributed by atoms with E-state index in [-0.39, 0.29) is 0 Å². The van der Waals surface area contributed by atoms with Crippen LogP contribution >= 0.6 is 0 Å². The van der Waals surface area contributed by atoms with Crippen LogP contribution in [0.2, 0.25) is 0 Å². The highest BCUT2D eigenvalue weighted by Gasteiger charge is 2.10. The number of pyridine rings is 2. The molecule has 0 saturated heterocycles. The largest absolute Gasteiger partial charge is 0.265 e. The van der Waals surface area contributed by atoms with Crippen LogP contribution in [0.5, 0.6) is 0 Å². The Morgan fingerprint density at radius 2 is 1.55 bits per heavy atom. The molecule has 0 amide bonds. The molecule has 0 spiro atoms. The fourth-order valence-corrected chi connectivity index (χ4v) is 2.53. The van der Waals surface area contributed by atoms with Crippen molar-refractivity contribution in [1.29, 1.82) is 0 Å². The Labute approximate surface area is 122 Å². The number of hydrogen-bond donors (Lipinski definition) is 0. The van der Waals surface area contributed by atoms with Crippen LogP contribution in [0.15, 0.2) is 36.8 Å². The van der Waals surface area contributed by atoms with Crippen LogP contribution in [0.3, 0.4) is 0 Å². The zero-order valence-electron chi connectivity index (χ0n) is 12.6. The maximum Gasteiger partial charge on any atom is 0.0441 e. The summed E-state index contributed by atoms with van der Waals surface area (Å²) in [5.74, 6) is 0. The van der Waals surface area contributed by atoms with Gasteiger partial charge in [0, 0.05) is 24.3 Å². The lowest BCUT2D eigenvalue weighted by Gasteiger charge is -2.14. The van der Waals surface area contributed by atoms with Gasteiger partial charge in [-0.15, -0.1) is 0 Å². The summed E-state index contributed by atoms with van der Waals surface area (Å²) in [5, 5.41) is 0.